The number of carbonyl (C=O) groups is 1. The topological polar surface area (TPSA) is 94.7 Å². The Hall–Kier alpha value is -3.85. The number of benzene rings is 2. The summed E-state index contributed by atoms with van der Waals surface area (Å²) in [5.41, 5.74) is 4.20. The van der Waals surface area contributed by atoms with Crippen LogP contribution in [0.15, 0.2) is 59.8 Å². The lowest BCUT2D eigenvalue weighted by molar-refractivity contribution is -0.116. The van der Waals surface area contributed by atoms with E-state index < -0.39 is 0 Å². The molecule has 0 unspecified atom stereocenters. The zero-order chi connectivity index (χ0) is 22.2. The molecule has 0 aliphatic carbocycles. The SMILES string of the molecule is Cc1ccc(-n2ncc3c(=O)n(CCC(=O)Nc4nc5c(C)cccc5s4)cnc32)cc1. The molecular weight excluding hydrogens is 424 g/mol. The fourth-order valence-electron chi connectivity index (χ4n) is 3.53. The van der Waals surface area contributed by atoms with Gasteiger partial charge in [-0.3, -0.25) is 14.2 Å². The summed E-state index contributed by atoms with van der Waals surface area (Å²) in [5.74, 6) is -0.205. The van der Waals surface area contributed by atoms with Crippen LogP contribution in [0.5, 0.6) is 0 Å². The number of fused-ring (bicyclic) bond motifs is 2. The van der Waals surface area contributed by atoms with Crippen molar-refractivity contribution in [1.29, 1.82) is 0 Å². The number of nitrogens with zero attached hydrogens (tertiary/aromatic N) is 5. The molecule has 2 aromatic carbocycles. The van der Waals surface area contributed by atoms with Crippen LogP contribution in [0, 0.1) is 13.8 Å². The van der Waals surface area contributed by atoms with Gasteiger partial charge in [-0.25, -0.2) is 14.6 Å². The van der Waals surface area contributed by atoms with E-state index in [-0.39, 0.29) is 24.4 Å². The lowest BCUT2D eigenvalue weighted by Crippen LogP contribution is -2.23. The molecule has 0 aliphatic rings. The molecule has 0 fully saturated rings. The summed E-state index contributed by atoms with van der Waals surface area (Å²) in [4.78, 5) is 34.2. The predicted molar refractivity (Wildman–Crippen MR) is 125 cm³/mol. The second-order valence-corrected chi connectivity index (χ2v) is 8.64. The van der Waals surface area contributed by atoms with Crippen molar-refractivity contribution in [2.75, 3.05) is 5.32 Å². The van der Waals surface area contributed by atoms with E-state index in [1.165, 1.54) is 28.4 Å². The van der Waals surface area contributed by atoms with Crippen molar-refractivity contribution in [3.8, 4) is 5.69 Å². The minimum atomic E-state index is -0.225. The Morgan fingerprint density at radius 1 is 1.12 bits per heavy atom. The van der Waals surface area contributed by atoms with Crippen molar-refractivity contribution < 1.29 is 4.79 Å². The molecule has 0 spiro atoms. The van der Waals surface area contributed by atoms with Crippen molar-refractivity contribution in [3.63, 3.8) is 0 Å². The number of anilines is 1. The Morgan fingerprint density at radius 2 is 1.94 bits per heavy atom. The summed E-state index contributed by atoms with van der Waals surface area (Å²) < 4.78 is 4.10. The number of para-hydroxylation sites is 1. The number of hydrogen-bond acceptors (Lipinski definition) is 6. The molecule has 8 nitrogen and oxygen atoms in total. The molecule has 3 heterocycles. The molecule has 5 rings (SSSR count). The third kappa shape index (κ3) is 3.67. The van der Waals surface area contributed by atoms with E-state index in [4.69, 9.17) is 0 Å². The Kier molecular flexibility index (Phi) is 5.02. The summed E-state index contributed by atoms with van der Waals surface area (Å²) in [6.07, 6.45) is 3.12. The molecule has 160 valence electrons. The lowest BCUT2D eigenvalue weighted by Gasteiger charge is -2.06. The summed E-state index contributed by atoms with van der Waals surface area (Å²) in [7, 11) is 0. The van der Waals surface area contributed by atoms with Crippen LogP contribution in [0.25, 0.3) is 26.9 Å². The average Bonchev–Trinajstić information content (AvgIpc) is 3.39. The Balaban J connectivity index is 1.32. The predicted octanol–water partition coefficient (Wildman–Crippen LogP) is 3.84. The van der Waals surface area contributed by atoms with Gasteiger partial charge < -0.3 is 5.32 Å². The number of aryl methyl sites for hydroxylation is 3. The maximum absolute atomic E-state index is 12.9. The van der Waals surface area contributed by atoms with Gasteiger partial charge in [-0.1, -0.05) is 41.2 Å². The van der Waals surface area contributed by atoms with Crippen molar-refractivity contribution in [2.45, 2.75) is 26.8 Å². The molecule has 9 heteroatoms. The van der Waals surface area contributed by atoms with E-state index in [0.717, 1.165) is 27.0 Å². The van der Waals surface area contributed by atoms with Crippen LogP contribution < -0.4 is 10.9 Å². The first kappa shape index (κ1) is 20.1. The van der Waals surface area contributed by atoms with Gasteiger partial charge >= 0.3 is 0 Å². The van der Waals surface area contributed by atoms with E-state index in [0.29, 0.717) is 16.2 Å². The summed E-state index contributed by atoms with van der Waals surface area (Å²) >= 11 is 1.43. The first-order valence-electron chi connectivity index (χ1n) is 10.2. The molecule has 0 atom stereocenters. The van der Waals surface area contributed by atoms with Crippen LogP contribution in [-0.4, -0.2) is 30.2 Å². The number of aromatic nitrogens is 5. The van der Waals surface area contributed by atoms with Crippen molar-refractivity contribution >= 4 is 43.6 Å². The third-order valence-corrected chi connectivity index (χ3v) is 6.22. The molecule has 0 radical (unpaired) electrons. The van der Waals surface area contributed by atoms with Gasteiger partial charge in [0.1, 0.15) is 5.39 Å². The van der Waals surface area contributed by atoms with Gasteiger partial charge in [0.15, 0.2) is 10.8 Å². The fraction of sp³-hybridized carbons (Fsp3) is 0.174. The summed E-state index contributed by atoms with van der Waals surface area (Å²) in [6, 6.07) is 13.8. The molecule has 3 aromatic heterocycles. The lowest BCUT2D eigenvalue weighted by atomic mass is 10.2. The number of hydrogen-bond donors (Lipinski definition) is 1. The minimum Gasteiger partial charge on any atom is -0.302 e. The molecule has 0 aliphatic heterocycles. The Labute approximate surface area is 187 Å². The van der Waals surface area contributed by atoms with E-state index >= 15 is 0 Å². The Morgan fingerprint density at radius 3 is 2.72 bits per heavy atom. The third-order valence-electron chi connectivity index (χ3n) is 5.28. The van der Waals surface area contributed by atoms with Crippen molar-refractivity contribution in [1.82, 2.24) is 24.3 Å². The normalized spacial score (nSPS) is 11.3. The molecule has 1 N–H and O–H groups in total. The molecule has 1 amide bonds. The number of rotatable bonds is 5. The number of thiazole rings is 1. The van der Waals surface area contributed by atoms with Gasteiger partial charge in [-0.2, -0.15) is 5.10 Å². The largest absolute Gasteiger partial charge is 0.302 e. The fourth-order valence-corrected chi connectivity index (χ4v) is 4.49. The van der Waals surface area contributed by atoms with Gasteiger partial charge in [0.25, 0.3) is 5.56 Å². The van der Waals surface area contributed by atoms with Gasteiger partial charge in [-0.05, 0) is 37.6 Å². The quantitative estimate of drug-likeness (QED) is 0.444. The second kappa shape index (κ2) is 8.01. The molecule has 0 saturated carbocycles. The molecule has 0 saturated heterocycles. The molecule has 0 bridgehead atoms. The van der Waals surface area contributed by atoms with Gasteiger partial charge in [0.05, 0.1) is 28.4 Å². The highest BCUT2D eigenvalue weighted by Crippen LogP contribution is 2.27. The molecule has 5 aromatic rings. The van der Waals surface area contributed by atoms with Gasteiger partial charge in [-0.15, -0.1) is 0 Å². The van der Waals surface area contributed by atoms with Crippen LogP contribution in [0.1, 0.15) is 17.5 Å². The molecule has 32 heavy (non-hydrogen) atoms. The highest BCUT2D eigenvalue weighted by molar-refractivity contribution is 7.22. The van der Waals surface area contributed by atoms with Crippen LogP contribution in [0.3, 0.4) is 0 Å². The summed E-state index contributed by atoms with van der Waals surface area (Å²) in [5, 5.41) is 8.13. The second-order valence-electron chi connectivity index (χ2n) is 7.61. The zero-order valence-electron chi connectivity index (χ0n) is 17.6. The number of carbonyl (C=O) groups excluding carboxylic acids is 1. The zero-order valence-corrected chi connectivity index (χ0v) is 18.4. The average molecular weight is 445 g/mol. The van der Waals surface area contributed by atoms with Gasteiger partial charge in [0.2, 0.25) is 5.91 Å². The van der Waals surface area contributed by atoms with E-state index in [2.05, 4.69) is 20.4 Å². The van der Waals surface area contributed by atoms with E-state index in [1.54, 1.807) is 4.68 Å². The maximum atomic E-state index is 12.9. The number of amides is 1. The monoisotopic (exact) mass is 444 g/mol. The minimum absolute atomic E-state index is 0.133. The summed E-state index contributed by atoms with van der Waals surface area (Å²) in [6.45, 7) is 4.22. The van der Waals surface area contributed by atoms with E-state index in [1.807, 2.05) is 56.3 Å². The highest BCUT2D eigenvalue weighted by atomic mass is 32.1. The van der Waals surface area contributed by atoms with Crippen LogP contribution in [0.4, 0.5) is 5.13 Å². The van der Waals surface area contributed by atoms with Gasteiger partial charge in [0, 0.05) is 13.0 Å². The van der Waals surface area contributed by atoms with Crippen LogP contribution >= 0.6 is 11.3 Å². The first-order valence-corrected chi connectivity index (χ1v) is 11.0. The Bertz CT molecular complexity index is 1510. The smallest absolute Gasteiger partial charge is 0.264 e. The maximum Gasteiger partial charge on any atom is 0.264 e. The van der Waals surface area contributed by atoms with E-state index in [9.17, 15) is 9.59 Å². The standard InChI is InChI=1S/C23H20N6O2S/c1-14-6-8-16(9-7-14)29-21-17(12-25-29)22(31)28(13-24-21)11-10-19(30)26-23-27-20-15(2)4-3-5-18(20)32-23/h3-9,12-13H,10-11H2,1-2H3,(H,26,27,30). The highest BCUT2D eigenvalue weighted by Gasteiger charge is 2.13. The first-order chi connectivity index (χ1) is 15.5. The van der Waals surface area contributed by atoms with Crippen molar-refractivity contribution in [2.24, 2.45) is 0 Å². The molecular formula is C23H20N6O2S. The van der Waals surface area contributed by atoms with Crippen molar-refractivity contribution in [3.05, 3.63) is 76.5 Å². The number of nitrogens with one attached hydrogen (secondary N) is 1. The van der Waals surface area contributed by atoms with Crippen LogP contribution in [-0.2, 0) is 11.3 Å². The van der Waals surface area contributed by atoms with Crippen LogP contribution in [0.2, 0.25) is 0 Å².